The van der Waals surface area contributed by atoms with E-state index in [2.05, 4.69) is 84.5 Å². The Balaban J connectivity index is 1.46. The number of aromatic amines is 2. The number of hydrogen-bond acceptors (Lipinski definition) is 5. The van der Waals surface area contributed by atoms with Gasteiger partial charge in [-0.05, 0) is 97.8 Å². The third-order valence-electron chi connectivity index (χ3n) is 10.1. The van der Waals surface area contributed by atoms with Crippen LogP contribution in [0.1, 0.15) is 110 Å². The minimum absolute atomic E-state index is 0.105. The molecule has 0 unspecified atom stereocenters. The molecule has 0 saturated heterocycles. The van der Waals surface area contributed by atoms with Crippen LogP contribution in [0.2, 0.25) is 0 Å². The number of rotatable bonds is 5. The summed E-state index contributed by atoms with van der Waals surface area (Å²) in [6.45, 7) is 10.9. The summed E-state index contributed by atoms with van der Waals surface area (Å²) >= 11 is 0. The summed E-state index contributed by atoms with van der Waals surface area (Å²) in [6.07, 6.45) is 7.42. The number of nitrogens with zero attached hydrogens (tertiary/aromatic N) is 3. The number of aryl methyl sites for hydroxylation is 1. The molecule has 3 aromatic heterocycles. The maximum absolute atomic E-state index is 13.5. The quantitative estimate of drug-likeness (QED) is 0.142. The number of para-hydroxylation sites is 4. The molecule has 6 aromatic rings. The van der Waals surface area contributed by atoms with Crippen LogP contribution in [0.4, 0.5) is 22.7 Å². The highest BCUT2D eigenvalue weighted by atomic mass is 16.2. The van der Waals surface area contributed by atoms with E-state index >= 15 is 0 Å². The fourth-order valence-electron chi connectivity index (χ4n) is 7.25. The molecule has 0 saturated carbocycles. The second kappa shape index (κ2) is 15.7. The SMILES string of the molecule is CCCc1c2[nH]c(c1C)C(c1ccc(C)cc1)c1[nH]c(c(CCC)c1C)C=Nc1ccccc1NC(=O)c1cccc(n1)C(=O)Nc1ccccc1N=C2. The summed E-state index contributed by atoms with van der Waals surface area (Å²) in [4.78, 5) is 49.0. The van der Waals surface area contributed by atoms with Crippen molar-refractivity contribution in [3.63, 3.8) is 0 Å². The van der Waals surface area contributed by atoms with Gasteiger partial charge in [0.15, 0.2) is 0 Å². The zero-order chi connectivity index (χ0) is 37.8. The van der Waals surface area contributed by atoms with Crippen molar-refractivity contribution < 1.29 is 9.59 Å². The van der Waals surface area contributed by atoms with E-state index in [1.54, 1.807) is 18.2 Å². The number of fused-ring (bicyclic) bond motifs is 8. The molecule has 0 radical (unpaired) electrons. The van der Waals surface area contributed by atoms with Gasteiger partial charge in [-0.2, -0.15) is 0 Å². The van der Waals surface area contributed by atoms with Gasteiger partial charge in [0.25, 0.3) is 11.8 Å². The lowest BCUT2D eigenvalue weighted by Crippen LogP contribution is -2.18. The first-order valence-corrected chi connectivity index (χ1v) is 18.6. The molecule has 0 fully saturated rings. The van der Waals surface area contributed by atoms with Crippen LogP contribution in [-0.2, 0) is 12.8 Å². The number of nitrogens with one attached hydrogen (secondary N) is 4. The zero-order valence-corrected chi connectivity index (χ0v) is 31.4. The van der Waals surface area contributed by atoms with Crippen LogP contribution in [0, 0.1) is 20.8 Å². The summed E-state index contributed by atoms with van der Waals surface area (Å²) in [5.74, 6) is -1.03. The zero-order valence-electron chi connectivity index (χ0n) is 31.4. The van der Waals surface area contributed by atoms with Crippen molar-refractivity contribution >= 4 is 47.0 Å². The molecule has 9 heteroatoms. The number of aliphatic imine (C=N–C) groups is 2. The highest BCUT2D eigenvalue weighted by molar-refractivity contribution is 6.08. The van der Waals surface area contributed by atoms with Gasteiger partial charge in [-0.1, -0.05) is 86.8 Å². The maximum Gasteiger partial charge on any atom is 0.274 e. The largest absolute Gasteiger partial charge is 0.356 e. The Hall–Kier alpha value is -6.35. The molecule has 7 rings (SSSR count). The summed E-state index contributed by atoms with van der Waals surface area (Å²) < 4.78 is 0. The van der Waals surface area contributed by atoms with Crippen LogP contribution < -0.4 is 10.6 Å². The van der Waals surface area contributed by atoms with E-state index in [-0.39, 0.29) is 17.3 Å². The number of amides is 2. The maximum atomic E-state index is 13.5. The van der Waals surface area contributed by atoms with Gasteiger partial charge < -0.3 is 20.6 Å². The molecule has 54 heavy (non-hydrogen) atoms. The monoisotopic (exact) mass is 715 g/mol. The van der Waals surface area contributed by atoms with E-state index in [0.29, 0.717) is 22.7 Å². The smallest absolute Gasteiger partial charge is 0.274 e. The number of anilines is 2. The first kappa shape index (κ1) is 36.0. The number of carbonyl (C=O) groups excluding carboxylic acids is 2. The first-order valence-electron chi connectivity index (χ1n) is 18.6. The lowest BCUT2D eigenvalue weighted by molar-refractivity contribution is 0.101. The predicted molar refractivity (Wildman–Crippen MR) is 219 cm³/mol. The lowest BCUT2D eigenvalue weighted by Gasteiger charge is -2.19. The molecule has 6 bridgehead atoms. The minimum Gasteiger partial charge on any atom is -0.356 e. The molecule has 0 spiro atoms. The van der Waals surface area contributed by atoms with Crippen molar-refractivity contribution in [1.29, 1.82) is 0 Å². The number of carbonyl (C=O) groups is 2. The predicted octanol–water partition coefficient (Wildman–Crippen LogP) is 10.1. The third kappa shape index (κ3) is 7.30. The van der Waals surface area contributed by atoms with E-state index < -0.39 is 11.8 Å². The Labute approximate surface area is 316 Å². The highest BCUT2D eigenvalue weighted by Crippen LogP contribution is 2.39. The topological polar surface area (TPSA) is 127 Å². The van der Waals surface area contributed by atoms with E-state index in [1.807, 2.05) is 61.0 Å². The second-order valence-electron chi connectivity index (χ2n) is 13.8. The third-order valence-corrected chi connectivity index (χ3v) is 10.1. The van der Waals surface area contributed by atoms with Gasteiger partial charge in [0, 0.05) is 11.4 Å². The number of pyridine rings is 1. The van der Waals surface area contributed by atoms with Gasteiger partial charge in [-0.3, -0.25) is 19.6 Å². The average Bonchev–Trinajstić information content (AvgIpc) is 3.65. The molecule has 4 heterocycles. The van der Waals surface area contributed by atoms with E-state index in [1.165, 1.54) is 33.4 Å². The minimum atomic E-state index is -0.451. The van der Waals surface area contributed by atoms with Gasteiger partial charge in [-0.25, -0.2) is 4.98 Å². The van der Waals surface area contributed by atoms with Crippen LogP contribution in [-0.4, -0.2) is 39.2 Å². The Morgan fingerprint density at radius 3 is 1.50 bits per heavy atom. The highest BCUT2D eigenvalue weighted by Gasteiger charge is 2.28. The molecule has 1 aliphatic rings. The van der Waals surface area contributed by atoms with Crippen molar-refractivity contribution in [3.05, 3.63) is 159 Å². The molecular formula is C45H45N7O2. The Bertz CT molecular complexity index is 2260. The summed E-state index contributed by atoms with van der Waals surface area (Å²) in [5, 5.41) is 5.93. The molecule has 2 amide bonds. The van der Waals surface area contributed by atoms with Crippen molar-refractivity contribution in [3.8, 4) is 0 Å². The average molecular weight is 716 g/mol. The van der Waals surface area contributed by atoms with Gasteiger partial charge in [0.05, 0.1) is 52.5 Å². The van der Waals surface area contributed by atoms with Crippen molar-refractivity contribution in [2.24, 2.45) is 9.98 Å². The Kier molecular flexibility index (Phi) is 10.5. The molecule has 0 atom stereocenters. The summed E-state index contributed by atoms with van der Waals surface area (Å²) in [7, 11) is 0. The molecule has 9 nitrogen and oxygen atoms in total. The van der Waals surface area contributed by atoms with E-state index in [9.17, 15) is 9.59 Å². The van der Waals surface area contributed by atoms with Crippen LogP contribution in [0.25, 0.3) is 0 Å². The lowest BCUT2D eigenvalue weighted by atomic mass is 9.87. The molecule has 4 N–H and O–H groups in total. The molecule has 0 aliphatic carbocycles. The number of H-pyrrole nitrogens is 2. The summed E-state index contributed by atoms with van der Waals surface area (Å²) in [5.41, 5.74) is 13.7. The number of hydrogen-bond donors (Lipinski definition) is 4. The fraction of sp³-hybridized carbons (Fsp3) is 0.222. The normalized spacial score (nSPS) is 14.4. The van der Waals surface area contributed by atoms with Gasteiger partial charge >= 0.3 is 0 Å². The molecular weight excluding hydrogens is 671 g/mol. The van der Waals surface area contributed by atoms with Gasteiger partial charge in [0.1, 0.15) is 11.4 Å². The van der Waals surface area contributed by atoms with E-state index in [4.69, 9.17) is 9.98 Å². The van der Waals surface area contributed by atoms with Crippen molar-refractivity contribution in [1.82, 2.24) is 15.0 Å². The van der Waals surface area contributed by atoms with Crippen molar-refractivity contribution in [2.75, 3.05) is 10.6 Å². The van der Waals surface area contributed by atoms with Crippen LogP contribution in [0.15, 0.2) is 101 Å². The standard InChI is InChI=1S/C45H45N7O2/c1-6-13-31-28(4)42-41(30-23-21-27(3)22-24-30)43-29(5)32(14-7-2)40(50-43)26-47-34-16-9-11-18-36(34)52-45(54)38-20-12-19-37(48-38)44(53)51-35-17-10-8-15-33(35)46-25-39(31)49-42/h8-12,15-26,41,49-50H,6-7,13-14H2,1-5H3,(H,51,53)(H,52,54). The number of aromatic nitrogens is 3. The van der Waals surface area contributed by atoms with Gasteiger partial charge in [0.2, 0.25) is 0 Å². The van der Waals surface area contributed by atoms with E-state index in [0.717, 1.165) is 48.5 Å². The van der Waals surface area contributed by atoms with Crippen molar-refractivity contribution in [2.45, 2.75) is 66.2 Å². The second-order valence-corrected chi connectivity index (χ2v) is 13.8. The summed E-state index contributed by atoms with van der Waals surface area (Å²) in [6, 6.07) is 28.4. The number of benzene rings is 3. The fourth-order valence-corrected chi connectivity index (χ4v) is 7.25. The molecule has 1 aliphatic heterocycles. The van der Waals surface area contributed by atoms with Crippen LogP contribution in [0.3, 0.4) is 0 Å². The molecule has 272 valence electrons. The molecule has 3 aromatic carbocycles. The van der Waals surface area contributed by atoms with Gasteiger partial charge in [-0.15, -0.1) is 0 Å². The Morgan fingerprint density at radius 2 is 1.04 bits per heavy atom. The van der Waals surface area contributed by atoms with Crippen LogP contribution in [0.5, 0.6) is 0 Å². The first-order chi connectivity index (χ1) is 26.2. The Morgan fingerprint density at radius 1 is 0.574 bits per heavy atom. The van der Waals surface area contributed by atoms with Crippen LogP contribution >= 0.6 is 0 Å².